The van der Waals surface area contributed by atoms with E-state index in [9.17, 15) is 13.2 Å². The van der Waals surface area contributed by atoms with Gasteiger partial charge in [0.1, 0.15) is 0 Å². The van der Waals surface area contributed by atoms with E-state index in [1.165, 1.54) is 22.5 Å². The van der Waals surface area contributed by atoms with Crippen molar-refractivity contribution in [3.63, 3.8) is 0 Å². The number of amides is 1. The number of carbonyl (C=O) groups excluding carboxylic acids is 1. The summed E-state index contributed by atoms with van der Waals surface area (Å²) in [6, 6.07) is 11.7. The molecule has 1 aliphatic heterocycles. The zero-order valence-corrected chi connectivity index (χ0v) is 17.3. The maximum absolute atomic E-state index is 12.9. The van der Waals surface area contributed by atoms with Gasteiger partial charge in [0.2, 0.25) is 10.0 Å². The summed E-state index contributed by atoms with van der Waals surface area (Å²) in [5.74, 6) is -0.437. The molecule has 5 nitrogen and oxygen atoms in total. The van der Waals surface area contributed by atoms with E-state index in [2.05, 4.69) is 5.32 Å². The number of thioether (sulfide) groups is 1. The van der Waals surface area contributed by atoms with Gasteiger partial charge in [-0.05, 0) is 61.6 Å². The van der Waals surface area contributed by atoms with Crippen molar-refractivity contribution in [2.24, 2.45) is 0 Å². The molecule has 144 valence electrons. The highest BCUT2D eigenvalue weighted by atomic mass is 35.5. The van der Waals surface area contributed by atoms with Gasteiger partial charge < -0.3 is 5.32 Å². The Morgan fingerprint density at radius 2 is 1.74 bits per heavy atom. The standard InChI is InChI=1S/C19H21ClN2O3S2/c1-26-15-7-5-14(6-8-15)21-19(23)17-13-16(9-10-18(17)20)27(24,25)22-11-3-2-4-12-22/h5-10,13H,2-4,11-12H2,1H3,(H,21,23). The molecule has 0 atom stereocenters. The van der Waals surface area contributed by atoms with Crippen LogP contribution in [0.2, 0.25) is 5.02 Å². The summed E-state index contributed by atoms with van der Waals surface area (Å²) >= 11 is 7.78. The van der Waals surface area contributed by atoms with Gasteiger partial charge in [-0.2, -0.15) is 4.31 Å². The number of rotatable bonds is 5. The van der Waals surface area contributed by atoms with E-state index in [4.69, 9.17) is 11.6 Å². The van der Waals surface area contributed by atoms with Crippen molar-refractivity contribution in [1.82, 2.24) is 4.31 Å². The second-order valence-electron chi connectivity index (χ2n) is 6.29. The first kappa shape index (κ1) is 20.2. The van der Waals surface area contributed by atoms with Crippen molar-refractivity contribution >= 4 is 45.0 Å². The summed E-state index contributed by atoms with van der Waals surface area (Å²) in [5, 5.41) is 2.98. The van der Waals surface area contributed by atoms with Crippen LogP contribution in [0.15, 0.2) is 52.3 Å². The van der Waals surface area contributed by atoms with E-state index in [1.807, 2.05) is 18.4 Å². The highest BCUT2D eigenvalue weighted by Crippen LogP contribution is 2.26. The molecule has 1 saturated heterocycles. The van der Waals surface area contributed by atoms with Crippen molar-refractivity contribution < 1.29 is 13.2 Å². The molecule has 0 aromatic heterocycles. The lowest BCUT2D eigenvalue weighted by Crippen LogP contribution is -2.35. The molecule has 0 bridgehead atoms. The summed E-state index contributed by atoms with van der Waals surface area (Å²) in [6.45, 7) is 1.02. The fourth-order valence-electron chi connectivity index (χ4n) is 2.97. The van der Waals surface area contributed by atoms with Crippen LogP contribution in [0.5, 0.6) is 0 Å². The van der Waals surface area contributed by atoms with Gasteiger partial charge >= 0.3 is 0 Å². The summed E-state index contributed by atoms with van der Waals surface area (Å²) < 4.78 is 27.2. The second kappa shape index (κ2) is 8.65. The highest BCUT2D eigenvalue weighted by molar-refractivity contribution is 7.98. The summed E-state index contributed by atoms with van der Waals surface area (Å²) in [6.07, 6.45) is 4.72. The predicted octanol–water partition coefficient (Wildman–Crippen LogP) is 4.49. The van der Waals surface area contributed by atoms with E-state index >= 15 is 0 Å². The summed E-state index contributed by atoms with van der Waals surface area (Å²) in [4.78, 5) is 13.8. The highest BCUT2D eigenvalue weighted by Gasteiger charge is 2.27. The maximum Gasteiger partial charge on any atom is 0.257 e. The first-order chi connectivity index (χ1) is 12.9. The van der Waals surface area contributed by atoms with E-state index < -0.39 is 15.9 Å². The van der Waals surface area contributed by atoms with Gasteiger partial charge in [0.05, 0.1) is 15.5 Å². The molecule has 1 heterocycles. The van der Waals surface area contributed by atoms with Crippen LogP contribution in [0.25, 0.3) is 0 Å². The Balaban J connectivity index is 1.84. The van der Waals surface area contributed by atoms with Crippen molar-refractivity contribution in [3.05, 3.63) is 53.1 Å². The largest absolute Gasteiger partial charge is 0.322 e. The Morgan fingerprint density at radius 3 is 2.37 bits per heavy atom. The van der Waals surface area contributed by atoms with Gasteiger partial charge in [-0.3, -0.25) is 4.79 Å². The van der Waals surface area contributed by atoms with E-state index in [0.717, 1.165) is 24.2 Å². The third-order valence-electron chi connectivity index (χ3n) is 4.48. The SMILES string of the molecule is CSc1ccc(NC(=O)c2cc(S(=O)(=O)N3CCCCC3)ccc2Cl)cc1. The molecule has 8 heteroatoms. The number of hydrogen-bond donors (Lipinski definition) is 1. The summed E-state index contributed by atoms with van der Waals surface area (Å²) in [5.41, 5.74) is 0.766. The monoisotopic (exact) mass is 424 g/mol. The molecule has 1 aliphatic rings. The Hall–Kier alpha value is -1.54. The fraction of sp³-hybridized carbons (Fsp3) is 0.316. The molecule has 0 saturated carbocycles. The topological polar surface area (TPSA) is 66.5 Å². The minimum absolute atomic E-state index is 0.0941. The Morgan fingerprint density at radius 1 is 1.07 bits per heavy atom. The molecule has 1 amide bonds. The van der Waals surface area contributed by atoms with Crippen molar-refractivity contribution in [2.75, 3.05) is 24.7 Å². The molecule has 0 spiro atoms. The van der Waals surface area contributed by atoms with E-state index in [0.29, 0.717) is 18.8 Å². The van der Waals surface area contributed by atoms with Crippen molar-refractivity contribution in [2.45, 2.75) is 29.1 Å². The molecule has 27 heavy (non-hydrogen) atoms. The Bertz CT molecular complexity index is 924. The smallest absolute Gasteiger partial charge is 0.257 e. The number of sulfonamides is 1. The minimum Gasteiger partial charge on any atom is -0.322 e. The van der Waals surface area contributed by atoms with Gasteiger partial charge in [-0.25, -0.2) is 8.42 Å². The average Bonchev–Trinajstić information content (AvgIpc) is 2.69. The van der Waals surface area contributed by atoms with Crippen LogP contribution in [-0.4, -0.2) is 38.0 Å². The number of nitrogens with one attached hydrogen (secondary N) is 1. The number of nitrogens with zero attached hydrogens (tertiary/aromatic N) is 1. The van der Waals surface area contributed by atoms with Crippen LogP contribution in [0, 0.1) is 0 Å². The molecule has 2 aromatic carbocycles. The Labute approximate surface area is 169 Å². The third-order valence-corrected chi connectivity index (χ3v) is 7.45. The lowest BCUT2D eigenvalue weighted by Gasteiger charge is -2.26. The number of carbonyl (C=O) groups is 1. The lowest BCUT2D eigenvalue weighted by molar-refractivity contribution is 0.102. The second-order valence-corrected chi connectivity index (χ2v) is 9.51. The van der Waals surface area contributed by atoms with Crippen LogP contribution in [0.1, 0.15) is 29.6 Å². The quantitative estimate of drug-likeness (QED) is 0.718. The van der Waals surface area contributed by atoms with E-state index in [1.54, 1.807) is 23.9 Å². The normalized spacial score (nSPS) is 15.5. The van der Waals surface area contributed by atoms with Crippen LogP contribution in [0.4, 0.5) is 5.69 Å². The first-order valence-corrected chi connectivity index (χ1v) is 11.7. The number of benzene rings is 2. The Kier molecular flexibility index (Phi) is 6.47. The van der Waals surface area contributed by atoms with Crippen LogP contribution < -0.4 is 5.32 Å². The van der Waals surface area contributed by atoms with Crippen molar-refractivity contribution in [1.29, 1.82) is 0 Å². The number of anilines is 1. The predicted molar refractivity (Wildman–Crippen MR) is 110 cm³/mol. The zero-order valence-electron chi connectivity index (χ0n) is 14.9. The maximum atomic E-state index is 12.9. The molecular weight excluding hydrogens is 404 g/mol. The molecule has 1 fully saturated rings. The van der Waals surface area contributed by atoms with Gasteiger partial charge in [0, 0.05) is 23.7 Å². The molecule has 2 aromatic rings. The molecule has 3 rings (SSSR count). The molecule has 0 aliphatic carbocycles. The lowest BCUT2D eigenvalue weighted by atomic mass is 10.2. The van der Waals surface area contributed by atoms with Crippen LogP contribution in [0.3, 0.4) is 0 Å². The fourth-order valence-corrected chi connectivity index (χ4v) is 5.12. The van der Waals surface area contributed by atoms with Crippen LogP contribution >= 0.6 is 23.4 Å². The number of halogens is 1. The first-order valence-electron chi connectivity index (χ1n) is 8.67. The summed E-state index contributed by atoms with van der Waals surface area (Å²) in [7, 11) is -3.62. The van der Waals surface area contributed by atoms with Gasteiger partial charge in [0.25, 0.3) is 5.91 Å². The average molecular weight is 425 g/mol. The number of piperidine rings is 1. The molecule has 1 N–H and O–H groups in total. The minimum atomic E-state index is -3.62. The van der Waals surface area contributed by atoms with Gasteiger partial charge in [-0.1, -0.05) is 18.0 Å². The van der Waals surface area contributed by atoms with Gasteiger partial charge in [0.15, 0.2) is 0 Å². The number of hydrogen-bond acceptors (Lipinski definition) is 4. The third kappa shape index (κ3) is 4.66. The zero-order chi connectivity index (χ0) is 19.4. The van der Waals surface area contributed by atoms with Gasteiger partial charge in [-0.15, -0.1) is 11.8 Å². The molecular formula is C19H21ClN2O3S2. The van der Waals surface area contributed by atoms with Crippen LogP contribution in [-0.2, 0) is 10.0 Å². The molecule has 0 radical (unpaired) electrons. The molecule has 0 unspecified atom stereocenters. The van der Waals surface area contributed by atoms with E-state index in [-0.39, 0.29) is 15.5 Å². The van der Waals surface area contributed by atoms with Crippen molar-refractivity contribution in [3.8, 4) is 0 Å².